The van der Waals surface area contributed by atoms with Gasteiger partial charge in [0, 0.05) is 13.1 Å². The van der Waals surface area contributed by atoms with Crippen LogP contribution in [0.4, 0.5) is 0 Å². The highest BCUT2D eigenvalue weighted by atomic mass is 16.4. The molecule has 1 unspecified atom stereocenters. The molecular formula is C16H20N2O2. The molecule has 1 N–H and O–H groups in total. The summed E-state index contributed by atoms with van der Waals surface area (Å²) >= 11 is 0. The highest BCUT2D eigenvalue weighted by Crippen LogP contribution is 2.36. The standard InChI is InChI=1S/C16H20N2O2/c1-2-7-16(15(19)20)8-9-18(12-16)11-14-5-3-13(10-17)4-6-14/h3-6H,2,7-9,11-12H2,1H3,(H,19,20). The minimum absolute atomic E-state index is 0.568. The van der Waals surface area contributed by atoms with Gasteiger partial charge in [-0.05, 0) is 37.1 Å². The lowest BCUT2D eigenvalue weighted by Crippen LogP contribution is -2.34. The van der Waals surface area contributed by atoms with Crippen LogP contribution in [-0.2, 0) is 11.3 Å². The normalized spacial score (nSPS) is 22.6. The summed E-state index contributed by atoms with van der Waals surface area (Å²) in [6, 6.07) is 9.60. The molecule has 0 radical (unpaired) electrons. The molecule has 4 heteroatoms. The Balaban J connectivity index is 2.01. The zero-order valence-corrected chi connectivity index (χ0v) is 11.8. The first-order chi connectivity index (χ1) is 9.59. The first kappa shape index (κ1) is 14.5. The van der Waals surface area contributed by atoms with E-state index in [0.29, 0.717) is 12.1 Å². The van der Waals surface area contributed by atoms with E-state index in [9.17, 15) is 9.90 Å². The highest BCUT2D eigenvalue weighted by Gasteiger charge is 2.43. The summed E-state index contributed by atoms with van der Waals surface area (Å²) in [4.78, 5) is 13.7. The molecule has 2 rings (SSSR count). The van der Waals surface area contributed by atoms with Crippen LogP contribution in [0.1, 0.15) is 37.3 Å². The Labute approximate surface area is 119 Å². The molecule has 20 heavy (non-hydrogen) atoms. The smallest absolute Gasteiger partial charge is 0.310 e. The SMILES string of the molecule is CCCC1(C(=O)O)CCN(Cc2ccc(C#N)cc2)C1. The predicted molar refractivity (Wildman–Crippen MR) is 76.0 cm³/mol. The van der Waals surface area contributed by atoms with Gasteiger partial charge in [0.25, 0.3) is 0 Å². The Morgan fingerprint density at radius 3 is 2.70 bits per heavy atom. The Morgan fingerprint density at radius 1 is 1.45 bits per heavy atom. The quantitative estimate of drug-likeness (QED) is 0.895. The number of carboxylic acid groups (broad SMARTS) is 1. The molecule has 1 saturated heterocycles. The lowest BCUT2D eigenvalue weighted by molar-refractivity contribution is -0.148. The van der Waals surface area contributed by atoms with Crippen LogP contribution in [0.3, 0.4) is 0 Å². The van der Waals surface area contributed by atoms with Crippen molar-refractivity contribution in [2.24, 2.45) is 5.41 Å². The molecule has 0 spiro atoms. The van der Waals surface area contributed by atoms with Crippen LogP contribution in [0.25, 0.3) is 0 Å². The second-order valence-corrected chi connectivity index (χ2v) is 5.60. The third kappa shape index (κ3) is 3.00. The maximum Gasteiger partial charge on any atom is 0.310 e. The molecule has 1 aliphatic heterocycles. The second-order valence-electron chi connectivity index (χ2n) is 5.60. The predicted octanol–water partition coefficient (Wildman–Crippen LogP) is 2.64. The molecule has 0 amide bonds. The van der Waals surface area contributed by atoms with Crippen molar-refractivity contribution in [2.45, 2.75) is 32.7 Å². The van der Waals surface area contributed by atoms with E-state index in [0.717, 1.165) is 37.9 Å². The molecule has 0 aliphatic carbocycles. The topological polar surface area (TPSA) is 64.3 Å². The maximum atomic E-state index is 11.5. The number of carbonyl (C=O) groups is 1. The monoisotopic (exact) mass is 272 g/mol. The number of likely N-dealkylation sites (tertiary alicyclic amines) is 1. The van der Waals surface area contributed by atoms with Gasteiger partial charge in [0.15, 0.2) is 0 Å². The van der Waals surface area contributed by atoms with E-state index >= 15 is 0 Å². The summed E-state index contributed by atoms with van der Waals surface area (Å²) in [5.41, 5.74) is 1.21. The van der Waals surface area contributed by atoms with E-state index in [-0.39, 0.29) is 0 Å². The molecule has 1 fully saturated rings. The highest BCUT2D eigenvalue weighted by molar-refractivity contribution is 5.75. The largest absolute Gasteiger partial charge is 0.481 e. The molecule has 0 saturated carbocycles. The number of hydrogen-bond donors (Lipinski definition) is 1. The van der Waals surface area contributed by atoms with E-state index in [1.807, 2.05) is 31.2 Å². The molecule has 1 aromatic carbocycles. The molecule has 106 valence electrons. The summed E-state index contributed by atoms with van der Waals surface area (Å²) < 4.78 is 0. The van der Waals surface area contributed by atoms with Crippen molar-refractivity contribution >= 4 is 5.97 Å². The first-order valence-electron chi connectivity index (χ1n) is 7.04. The van der Waals surface area contributed by atoms with Crippen LogP contribution in [0.15, 0.2) is 24.3 Å². The van der Waals surface area contributed by atoms with Crippen molar-refractivity contribution in [1.82, 2.24) is 4.90 Å². The van der Waals surface area contributed by atoms with E-state index in [2.05, 4.69) is 11.0 Å². The van der Waals surface area contributed by atoms with Crippen molar-refractivity contribution in [3.8, 4) is 6.07 Å². The molecule has 1 aromatic rings. The van der Waals surface area contributed by atoms with E-state index in [1.54, 1.807) is 0 Å². The van der Waals surface area contributed by atoms with Gasteiger partial charge >= 0.3 is 5.97 Å². The number of nitriles is 1. The van der Waals surface area contributed by atoms with Gasteiger partial charge < -0.3 is 5.11 Å². The van der Waals surface area contributed by atoms with Crippen molar-refractivity contribution in [2.75, 3.05) is 13.1 Å². The van der Waals surface area contributed by atoms with Gasteiger partial charge in [-0.25, -0.2) is 0 Å². The zero-order chi connectivity index (χ0) is 14.6. The number of aliphatic carboxylic acids is 1. The number of carboxylic acids is 1. The third-order valence-corrected chi connectivity index (χ3v) is 4.10. The number of hydrogen-bond acceptors (Lipinski definition) is 3. The van der Waals surface area contributed by atoms with Crippen LogP contribution in [0.2, 0.25) is 0 Å². The van der Waals surface area contributed by atoms with Crippen LogP contribution in [-0.4, -0.2) is 29.1 Å². The van der Waals surface area contributed by atoms with Crippen LogP contribution in [0.5, 0.6) is 0 Å². The van der Waals surface area contributed by atoms with Gasteiger partial charge in [-0.2, -0.15) is 5.26 Å². The Kier molecular flexibility index (Phi) is 4.41. The summed E-state index contributed by atoms with van der Waals surface area (Å²) in [6.45, 7) is 4.24. The number of nitrogens with zero attached hydrogens (tertiary/aromatic N) is 2. The van der Waals surface area contributed by atoms with Crippen molar-refractivity contribution in [3.63, 3.8) is 0 Å². The lowest BCUT2D eigenvalue weighted by Gasteiger charge is -2.24. The van der Waals surface area contributed by atoms with Gasteiger partial charge in [-0.15, -0.1) is 0 Å². The van der Waals surface area contributed by atoms with E-state index in [1.165, 1.54) is 0 Å². The van der Waals surface area contributed by atoms with Crippen LogP contribution >= 0.6 is 0 Å². The summed E-state index contributed by atoms with van der Waals surface area (Å²) in [5, 5.41) is 18.3. The van der Waals surface area contributed by atoms with Gasteiger partial charge in [-0.3, -0.25) is 9.69 Å². The minimum Gasteiger partial charge on any atom is -0.481 e. The summed E-state index contributed by atoms with van der Waals surface area (Å²) in [7, 11) is 0. The molecule has 0 aromatic heterocycles. The first-order valence-corrected chi connectivity index (χ1v) is 7.04. The fraction of sp³-hybridized carbons (Fsp3) is 0.500. The average molecular weight is 272 g/mol. The lowest BCUT2D eigenvalue weighted by atomic mass is 9.83. The summed E-state index contributed by atoms with van der Waals surface area (Å²) in [6.07, 6.45) is 2.37. The molecule has 0 bridgehead atoms. The van der Waals surface area contributed by atoms with Gasteiger partial charge in [0.1, 0.15) is 0 Å². The number of benzene rings is 1. The van der Waals surface area contributed by atoms with Gasteiger partial charge in [0.2, 0.25) is 0 Å². The fourth-order valence-electron chi connectivity index (χ4n) is 3.00. The van der Waals surface area contributed by atoms with E-state index in [4.69, 9.17) is 5.26 Å². The van der Waals surface area contributed by atoms with Crippen LogP contribution < -0.4 is 0 Å². The third-order valence-electron chi connectivity index (χ3n) is 4.10. The van der Waals surface area contributed by atoms with E-state index < -0.39 is 11.4 Å². The Morgan fingerprint density at radius 2 is 2.15 bits per heavy atom. The van der Waals surface area contributed by atoms with Gasteiger partial charge in [-0.1, -0.05) is 25.5 Å². The fourth-order valence-corrected chi connectivity index (χ4v) is 3.00. The molecule has 1 atom stereocenters. The molecule has 1 aliphatic rings. The Bertz CT molecular complexity index is 518. The Hall–Kier alpha value is -1.86. The van der Waals surface area contributed by atoms with Crippen molar-refractivity contribution in [3.05, 3.63) is 35.4 Å². The zero-order valence-electron chi connectivity index (χ0n) is 11.8. The van der Waals surface area contributed by atoms with Crippen molar-refractivity contribution < 1.29 is 9.90 Å². The van der Waals surface area contributed by atoms with Crippen molar-refractivity contribution in [1.29, 1.82) is 5.26 Å². The molecular weight excluding hydrogens is 252 g/mol. The molecule has 4 nitrogen and oxygen atoms in total. The summed E-state index contributed by atoms with van der Waals surface area (Å²) in [5.74, 6) is -0.665. The average Bonchev–Trinajstić information content (AvgIpc) is 2.84. The minimum atomic E-state index is -0.665. The number of rotatable bonds is 5. The van der Waals surface area contributed by atoms with Crippen LogP contribution in [0, 0.1) is 16.7 Å². The van der Waals surface area contributed by atoms with Gasteiger partial charge in [0.05, 0.1) is 17.0 Å². The molecule has 1 heterocycles. The maximum absolute atomic E-state index is 11.5. The second kappa shape index (κ2) is 6.06.